The van der Waals surface area contributed by atoms with Crippen molar-refractivity contribution in [1.82, 2.24) is 0 Å². The molecule has 0 amide bonds. The van der Waals surface area contributed by atoms with Gasteiger partial charge in [0, 0.05) is 0 Å². The van der Waals surface area contributed by atoms with Crippen LogP contribution in [0.2, 0.25) is 0 Å². The third kappa shape index (κ3) is 6.00. The van der Waals surface area contributed by atoms with E-state index in [0.717, 1.165) is 0 Å². The van der Waals surface area contributed by atoms with Crippen molar-refractivity contribution in [3.63, 3.8) is 0 Å². The van der Waals surface area contributed by atoms with Crippen LogP contribution in [0, 0.1) is 19.3 Å². The van der Waals surface area contributed by atoms with Crippen molar-refractivity contribution in [2.24, 2.45) is 5.92 Å². The summed E-state index contributed by atoms with van der Waals surface area (Å²) in [4.78, 5) is 0. The lowest BCUT2D eigenvalue weighted by Gasteiger charge is -2.00. The Bertz CT molecular complexity index is 37.3. The SMILES string of the molecule is [CH2]C(C)CC[CH]CC. The molecular weight excluding hydrogens is 96.1 g/mol. The minimum atomic E-state index is 0.623. The molecule has 0 aromatic heterocycles. The second-order valence-electron chi connectivity index (χ2n) is 2.38. The average Bonchev–Trinajstić information content (AvgIpc) is 1.66. The molecule has 0 rings (SSSR count). The molecule has 0 saturated carbocycles. The third-order valence-electron chi connectivity index (χ3n) is 1.15. The summed E-state index contributed by atoms with van der Waals surface area (Å²) in [7, 11) is 0. The van der Waals surface area contributed by atoms with Crippen LogP contribution in [0.15, 0.2) is 0 Å². The molecule has 0 nitrogen and oxygen atoms in total. The van der Waals surface area contributed by atoms with Crippen molar-refractivity contribution >= 4 is 0 Å². The average molecular weight is 112 g/mol. The molecule has 0 aromatic carbocycles. The molecule has 0 aliphatic carbocycles. The van der Waals surface area contributed by atoms with Crippen molar-refractivity contribution in [2.45, 2.75) is 33.1 Å². The van der Waals surface area contributed by atoms with Crippen molar-refractivity contribution in [3.8, 4) is 0 Å². The molecule has 0 heteroatoms. The zero-order chi connectivity index (χ0) is 6.41. The Morgan fingerprint density at radius 3 is 2.62 bits per heavy atom. The molecule has 48 valence electrons. The predicted octanol–water partition coefficient (Wildman–Crippen LogP) is 2.85. The molecule has 0 saturated heterocycles. The van der Waals surface area contributed by atoms with E-state index in [9.17, 15) is 0 Å². The number of rotatable bonds is 4. The first-order valence-electron chi connectivity index (χ1n) is 3.42. The molecule has 8 heavy (non-hydrogen) atoms. The zero-order valence-corrected chi connectivity index (χ0v) is 5.98. The van der Waals surface area contributed by atoms with Crippen LogP contribution in [-0.4, -0.2) is 0 Å². The van der Waals surface area contributed by atoms with Gasteiger partial charge in [-0.3, -0.25) is 0 Å². The zero-order valence-electron chi connectivity index (χ0n) is 5.98. The molecule has 1 atom stereocenters. The van der Waals surface area contributed by atoms with Gasteiger partial charge in [0.1, 0.15) is 0 Å². The van der Waals surface area contributed by atoms with Crippen molar-refractivity contribution in [1.29, 1.82) is 0 Å². The summed E-state index contributed by atoms with van der Waals surface area (Å²) in [6.45, 7) is 8.22. The van der Waals surface area contributed by atoms with Crippen molar-refractivity contribution in [3.05, 3.63) is 13.3 Å². The molecule has 2 radical (unpaired) electrons. The largest absolute Gasteiger partial charge is 0.0651 e. The lowest BCUT2D eigenvalue weighted by molar-refractivity contribution is 0.630. The van der Waals surface area contributed by atoms with Gasteiger partial charge in [-0.2, -0.15) is 0 Å². The number of hydrogen-bond acceptors (Lipinski definition) is 0. The van der Waals surface area contributed by atoms with Crippen LogP contribution in [0.4, 0.5) is 0 Å². The summed E-state index contributed by atoms with van der Waals surface area (Å²) in [5.74, 6) is 0.623. The molecule has 0 bridgehead atoms. The number of unbranched alkanes of at least 4 members (excludes halogenated alkanes) is 2. The maximum Gasteiger partial charge on any atom is -0.0388 e. The van der Waals surface area contributed by atoms with E-state index in [0.29, 0.717) is 5.92 Å². The van der Waals surface area contributed by atoms with Crippen LogP contribution in [0.3, 0.4) is 0 Å². The first-order valence-corrected chi connectivity index (χ1v) is 3.42. The predicted molar refractivity (Wildman–Crippen MR) is 38.3 cm³/mol. The normalized spacial score (nSPS) is 10.5. The van der Waals surface area contributed by atoms with Gasteiger partial charge in [0.25, 0.3) is 0 Å². The van der Waals surface area contributed by atoms with E-state index in [-0.39, 0.29) is 0 Å². The lowest BCUT2D eigenvalue weighted by Crippen LogP contribution is -1.86. The van der Waals surface area contributed by atoms with Crippen LogP contribution >= 0.6 is 0 Å². The Hall–Kier alpha value is 0. The van der Waals surface area contributed by atoms with Crippen LogP contribution in [0.5, 0.6) is 0 Å². The highest BCUT2D eigenvalue weighted by molar-refractivity contribution is 4.64. The Kier molecular flexibility index (Phi) is 5.14. The minimum Gasteiger partial charge on any atom is -0.0651 e. The Morgan fingerprint density at radius 2 is 2.25 bits per heavy atom. The van der Waals surface area contributed by atoms with Crippen LogP contribution in [0.1, 0.15) is 33.1 Å². The summed E-state index contributed by atoms with van der Waals surface area (Å²) in [6.07, 6.45) is 5.99. The smallest absolute Gasteiger partial charge is 0.0388 e. The van der Waals surface area contributed by atoms with Gasteiger partial charge in [0.05, 0.1) is 0 Å². The molecule has 0 N–H and O–H groups in total. The fourth-order valence-corrected chi connectivity index (χ4v) is 0.606. The van der Waals surface area contributed by atoms with E-state index >= 15 is 0 Å². The second-order valence-corrected chi connectivity index (χ2v) is 2.38. The minimum absolute atomic E-state index is 0.623. The lowest BCUT2D eigenvalue weighted by atomic mass is 10.1. The quantitative estimate of drug-likeness (QED) is 0.490. The third-order valence-corrected chi connectivity index (χ3v) is 1.15. The standard InChI is InChI=1S/C8H16/c1-4-5-6-7-8(2)3/h5,8H,2,4,6-7H2,1,3H3. The van der Waals surface area contributed by atoms with Gasteiger partial charge in [0.15, 0.2) is 0 Å². The first-order chi connectivity index (χ1) is 3.77. The van der Waals surface area contributed by atoms with Gasteiger partial charge >= 0.3 is 0 Å². The highest BCUT2D eigenvalue weighted by atomic mass is 14.0. The van der Waals surface area contributed by atoms with Gasteiger partial charge in [-0.1, -0.05) is 33.6 Å². The molecule has 0 aliphatic heterocycles. The van der Waals surface area contributed by atoms with E-state index in [1.54, 1.807) is 0 Å². The molecule has 1 unspecified atom stereocenters. The molecule has 0 aromatic rings. The first kappa shape index (κ1) is 8.00. The van der Waals surface area contributed by atoms with Crippen LogP contribution in [-0.2, 0) is 0 Å². The van der Waals surface area contributed by atoms with Crippen molar-refractivity contribution in [2.75, 3.05) is 0 Å². The maximum atomic E-state index is 3.89. The van der Waals surface area contributed by atoms with E-state index in [1.165, 1.54) is 19.3 Å². The van der Waals surface area contributed by atoms with Gasteiger partial charge in [0.2, 0.25) is 0 Å². The molecule has 0 heterocycles. The van der Waals surface area contributed by atoms with Gasteiger partial charge in [-0.05, 0) is 18.8 Å². The summed E-state index contributed by atoms with van der Waals surface area (Å²) < 4.78 is 0. The van der Waals surface area contributed by atoms with E-state index < -0.39 is 0 Å². The highest BCUT2D eigenvalue weighted by Gasteiger charge is 1.91. The Labute approximate surface area is 53.3 Å². The Morgan fingerprint density at radius 1 is 1.62 bits per heavy atom. The summed E-state index contributed by atoms with van der Waals surface area (Å²) in [5, 5.41) is 0. The van der Waals surface area contributed by atoms with Gasteiger partial charge < -0.3 is 0 Å². The van der Waals surface area contributed by atoms with E-state index in [1.807, 2.05) is 0 Å². The fourth-order valence-electron chi connectivity index (χ4n) is 0.606. The maximum absolute atomic E-state index is 3.89. The topological polar surface area (TPSA) is 0 Å². The van der Waals surface area contributed by atoms with E-state index in [2.05, 4.69) is 27.2 Å². The fraction of sp³-hybridized carbons (Fsp3) is 0.750. The summed E-state index contributed by atoms with van der Waals surface area (Å²) >= 11 is 0. The number of hydrogen-bond donors (Lipinski definition) is 0. The highest BCUT2D eigenvalue weighted by Crippen LogP contribution is 2.05. The Balaban J connectivity index is 2.72. The van der Waals surface area contributed by atoms with Crippen LogP contribution < -0.4 is 0 Å². The van der Waals surface area contributed by atoms with E-state index in [4.69, 9.17) is 0 Å². The summed E-state index contributed by atoms with van der Waals surface area (Å²) in [5.41, 5.74) is 0. The molecular formula is C8H16. The second kappa shape index (κ2) is 5.14. The monoisotopic (exact) mass is 112 g/mol. The molecule has 0 aliphatic rings. The van der Waals surface area contributed by atoms with Gasteiger partial charge in [-0.25, -0.2) is 0 Å². The van der Waals surface area contributed by atoms with Gasteiger partial charge in [-0.15, -0.1) is 0 Å². The molecule has 0 spiro atoms. The molecule has 0 fully saturated rings. The van der Waals surface area contributed by atoms with Crippen molar-refractivity contribution < 1.29 is 0 Å². The summed E-state index contributed by atoms with van der Waals surface area (Å²) in [6, 6.07) is 0. The van der Waals surface area contributed by atoms with Crippen LogP contribution in [0.25, 0.3) is 0 Å².